The molecule has 1 aromatic carbocycles. The zero-order valence-electron chi connectivity index (χ0n) is 15.9. The lowest BCUT2D eigenvalue weighted by molar-refractivity contribution is 0.0467. The molecule has 3 rings (SSSR count). The van der Waals surface area contributed by atoms with Crippen LogP contribution in [0.2, 0.25) is 0 Å². The number of aryl methyl sites for hydroxylation is 2. The number of aromatic nitrogens is 2. The highest BCUT2D eigenvalue weighted by molar-refractivity contribution is 5.95. The van der Waals surface area contributed by atoms with Crippen molar-refractivity contribution in [3.05, 3.63) is 47.3 Å². The van der Waals surface area contributed by atoms with Crippen molar-refractivity contribution < 1.29 is 9.53 Å². The van der Waals surface area contributed by atoms with Crippen LogP contribution in [0.15, 0.2) is 30.3 Å². The summed E-state index contributed by atoms with van der Waals surface area (Å²) in [5.74, 6) is 1.27. The topological polar surface area (TPSA) is 55.3 Å². The van der Waals surface area contributed by atoms with Crippen molar-refractivity contribution in [2.45, 2.75) is 33.6 Å². The molecule has 0 N–H and O–H groups in total. The normalized spacial score (nSPS) is 15.0. The molecule has 0 saturated carbocycles. The Morgan fingerprint density at radius 3 is 2.50 bits per heavy atom. The molecule has 5 heteroatoms. The second-order valence-corrected chi connectivity index (χ2v) is 6.95. The highest BCUT2D eigenvalue weighted by atomic mass is 16.5. The van der Waals surface area contributed by atoms with Gasteiger partial charge in [-0.3, -0.25) is 4.79 Å². The van der Waals surface area contributed by atoms with Crippen LogP contribution in [0.25, 0.3) is 11.4 Å². The maximum atomic E-state index is 13.0. The number of benzene rings is 1. The van der Waals surface area contributed by atoms with Gasteiger partial charge in [-0.15, -0.1) is 0 Å². The van der Waals surface area contributed by atoms with Crippen LogP contribution in [0.5, 0.6) is 0 Å². The Morgan fingerprint density at radius 2 is 1.85 bits per heavy atom. The summed E-state index contributed by atoms with van der Waals surface area (Å²) in [6, 6.07) is 9.60. The number of hydrogen-bond donors (Lipinski definition) is 0. The van der Waals surface area contributed by atoms with Crippen LogP contribution in [0.3, 0.4) is 0 Å². The summed E-state index contributed by atoms with van der Waals surface area (Å²) in [4.78, 5) is 24.0. The maximum absolute atomic E-state index is 13.0. The van der Waals surface area contributed by atoms with Crippen molar-refractivity contribution >= 4 is 5.91 Å². The Morgan fingerprint density at radius 1 is 1.15 bits per heavy atom. The molecule has 0 aliphatic carbocycles. The first-order chi connectivity index (χ1) is 12.6. The van der Waals surface area contributed by atoms with Crippen LogP contribution < -0.4 is 0 Å². The van der Waals surface area contributed by atoms with E-state index in [2.05, 4.69) is 9.97 Å². The molecule has 0 bridgehead atoms. The first-order valence-corrected chi connectivity index (χ1v) is 9.36. The predicted molar refractivity (Wildman–Crippen MR) is 102 cm³/mol. The van der Waals surface area contributed by atoms with Crippen LogP contribution in [0.1, 0.15) is 41.5 Å². The van der Waals surface area contributed by atoms with Gasteiger partial charge in [0, 0.05) is 48.8 Å². The molecule has 1 aliphatic rings. The van der Waals surface area contributed by atoms with Gasteiger partial charge in [-0.25, -0.2) is 9.97 Å². The lowest BCUT2D eigenvalue weighted by Crippen LogP contribution is -2.37. The van der Waals surface area contributed by atoms with Gasteiger partial charge < -0.3 is 9.64 Å². The number of ether oxygens (including phenoxy) is 1. The van der Waals surface area contributed by atoms with Gasteiger partial charge in [-0.05, 0) is 57.7 Å². The average Bonchev–Trinajstić information content (AvgIpc) is 2.66. The van der Waals surface area contributed by atoms with E-state index in [1.165, 1.54) is 0 Å². The van der Waals surface area contributed by atoms with E-state index < -0.39 is 0 Å². The van der Waals surface area contributed by atoms with E-state index in [1.807, 2.05) is 56.0 Å². The number of hydrogen-bond acceptors (Lipinski definition) is 4. The van der Waals surface area contributed by atoms with E-state index in [1.54, 1.807) is 0 Å². The molecule has 1 saturated heterocycles. The van der Waals surface area contributed by atoms with Crippen molar-refractivity contribution in [3.8, 4) is 11.4 Å². The molecule has 1 amide bonds. The Labute approximate surface area is 155 Å². The molecule has 2 aromatic rings. The largest absolute Gasteiger partial charge is 0.381 e. The first kappa shape index (κ1) is 18.5. The van der Waals surface area contributed by atoms with Gasteiger partial charge in [0.25, 0.3) is 5.91 Å². The number of rotatable bonds is 5. The van der Waals surface area contributed by atoms with Crippen molar-refractivity contribution in [1.29, 1.82) is 0 Å². The van der Waals surface area contributed by atoms with Crippen molar-refractivity contribution in [2.75, 3.05) is 26.3 Å². The smallest absolute Gasteiger partial charge is 0.253 e. The zero-order valence-corrected chi connectivity index (χ0v) is 15.9. The Hall–Kier alpha value is -2.27. The lowest BCUT2D eigenvalue weighted by atomic mass is 9.99. The minimum Gasteiger partial charge on any atom is -0.381 e. The molecule has 5 nitrogen and oxygen atoms in total. The molecule has 138 valence electrons. The number of carbonyl (C=O) groups excluding carboxylic acids is 1. The van der Waals surface area contributed by atoms with Gasteiger partial charge in [-0.1, -0.05) is 12.1 Å². The van der Waals surface area contributed by atoms with E-state index in [9.17, 15) is 4.79 Å². The quantitative estimate of drug-likeness (QED) is 0.823. The third kappa shape index (κ3) is 4.47. The standard InChI is InChI=1S/C21H27N3O2/c1-4-24(14-17-8-10-26-11-9-17)21(25)19-7-5-6-18(13-19)20-22-15(2)12-16(3)23-20/h5-7,12-13,17H,4,8-11,14H2,1-3H3. The lowest BCUT2D eigenvalue weighted by Gasteiger charge is -2.29. The summed E-state index contributed by atoms with van der Waals surface area (Å²) in [7, 11) is 0. The van der Waals surface area contributed by atoms with E-state index in [-0.39, 0.29) is 5.91 Å². The fourth-order valence-electron chi connectivity index (χ4n) is 3.43. The minimum atomic E-state index is 0.0743. The van der Waals surface area contributed by atoms with Gasteiger partial charge in [0.2, 0.25) is 0 Å². The Bertz CT molecular complexity index is 749. The Kier molecular flexibility index (Phi) is 5.99. The Balaban J connectivity index is 1.80. The number of amides is 1. The summed E-state index contributed by atoms with van der Waals surface area (Å²) in [5, 5.41) is 0. The van der Waals surface area contributed by atoms with E-state index in [0.29, 0.717) is 23.9 Å². The molecule has 0 atom stereocenters. The van der Waals surface area contributed by atoms with Crippen LogP contribution >= 0.6 is 0 Å². The third-order valence-corrected chi connectivity index (χ3v) is 4.84. The molecule has 1 aliphatic heterocycles. The molecule has 0 spiro atoms. The molecule has 26 heavy (non-hydrogen) atoms. The highest BCUT2D eigenvalue weighted by Gasteiger charge is 2.21. The van der Waals surface area contributed by atoms with Gasteiger partial charge in [-0.2, -0.15) is 0 Å². The van der Waals surface area contributed by atoms with E-state index in [4.69, 9.17) is 4.74 Å². The van der Waals surface area contributed by atoms with Crippen LogP contribution in [-0.2, 0) is 4.74 Å². The first-order valence-electron chi connectivity index (χ1n) is 9.36. The molecular weight excluding hydrogens is 326 g/mol. The summed E-state index contributed by atoms with van der Waals surface area (Å²) < 4.78 is 5.43. The molecule has 0 unspecified atom stereocenters. The predicted octanol–water partition coefficient (Wildman–Crippen LogP) is 3.65. The van der Waals surface area contributed by atoms with Gasteiger partial charge in [0.05, 0.1) is 0 Å². The SMILES string of the molecule is CCN(CC1CCOCC1)C(=O)c1cccc(-c2nc(C)cc(C)n2)c1. The molecule has 1 aromatic heterocycles. The van der Waals surface area contributed by atoms with Crippen LogP contribution in [0, 0.1) is 19.8 Å². The van der Waals surface area contributed by atoms with Crippen LogP contribution in [-0.4, -0.2) is 47.1 Å². The zero-order chi connectivity index (χ0) is 18.5. The summed E-state index contributed by atoms with van der Waals surface area (Å²) in [5.41, 5.74) is 3.43. The summed E-state index contributed by atoms with van der Waals surface area (Å²) in [6.07, 6.45) is 2.06. The fraction of sp³-hybridized carbons (Fsp3) is 0.476. The molecular formula is C21H27N3O2. The fourth-order valence-corrected chi connectivity index (χ4v) is 3.43. The summed E-state index contributed by atoms with van der Waals surface area (Å²) >= 11 is 0. The number of carbonyl (C=O) groups is 1. The molecule has 0 radical (unpaired) electrons. The van der Waals surface area contributed by atoms with Crippen molar-refractivity contribution in [3.63, 3.8) is 0 Å². The van der Waals surface area contributed by atoms with Crippen LogP contribution in [0.4, 0.5) is 0 Å². The van der Waals surface area contributed by atoms with Gasteiger partial charge in [0.15, 0.2) is 5.82 Å². The maximum Gasteiger partial charge on any atom is 0.253 e. The number of nitrogens with zero attached hydrogens (tertiary/aromatic N) is 3. The van der Waals surface area contributed by atoms with E-state index >= 15 is 0 Å². The molecule has 1 fully saturated rings. The van der Waals surface area contributed by atoms with Gasteiger partial charge in [0.1, 0.15) is 0 Å². The highest BCUT2D eigenvalue weighted by Crippen LogP contribution is 2.21. The van der Waals surface area contributed by atoms with Gasteiger partial charge >= 0.3 is 0 Å². The second kappa shape index (κ2) is 8.41. The van der Waals surface area contributed by atoms with E-state index in [0.717, 1.165) is 49.6 Å². The summed E-state index contributed by atoms with van der Waals surface area (Å²) in [6.45, 7) is 9.06. The molecule has 2 heterocycles. The minimum absolute atomic E-state index is 0.0743. The third-order valence-electron chi connectivity index (χ3n) is 4.84. The average molecular weight is 353 g/mol. The monoisotopic (exact) mass is 353 g/mol. The second-order valence-electron chi connectivity index (χ2n) is 6.95. The van der Waals surface area contributed by atoms with Crippen molar-refractivity contribution in [2.24, 2.45) is 5.92 Å². The van der Waals surface area contributed by atoms with Crippen molar-refractivity contribution in [1.82, 2.24) is 14.9 Å².